The van der Waals surface area contributed by atoms with E-state index in [4.69, 9.17) is 0 Å². The lowest BCUT2D eigenvalue weighted by atomic mass is 9.87. The number of nitrogens with zero attached hydrogens (tertiary/aromatic N) is 1. The average Bonchev–Trinajstić information content (AvgIpc) is 2.74. The number of hydrogen-bond acceptors (Lipinski definition) is 2. The fourth-order valence-corrected chi connectivity index (χ4v) is 2.72. The first kappa shape index (κ1) is 14.9. The number of fused-ring (bicyclic) bond motifs is 1. The highest BCUT2D eigenvalue weighted by molar-refractivity contribution is 5.85. The van der Waals surface area contributed by atoms with E-state index in [0.29, 0.717) is 5.92 Å². The number of anilines is 1. The van der Waals surface area contributed by atoms with Crippen molar-refractivity contribution in [1.82, 2.24) is 4.98 Å². The first-order valence-electron chi connectivity index (χ1n) is 6.87. The van der Waals surface area contributed by atoms with Crippen molar-refractivity contribution < 1.29 is 0 Å². The van der Waals surface area contributed by atoms with Crippen LogP contribution >= 0.6 is 12.4 Å². The predicted molar refractivity (Wildman–Crippen MR) is 87.0 cm³/mol. The quantitative estimate of drug-likeness (QED) is 0.888. The van der Waals surface area contributed by atoms with Gasteiger partial charge >= 0.3 is 0 Å². The highest BCUT2D eigenvalue weighted by atomic mass is 35.5. The predicted octanol–water partition coefficient (Wildman–Crippen LogP) is 4.36. The van der Waals surface area contributed by atoms with Crippen molar-refractivity contribution in [2.24, 2.45) is 0 Å². The number of hydrogen-bond donors (Lipinski definition) is 1. The summed E-state index contributed by atoms with van der Waals surface area (Å²) >= 11 is 0. The Bertz CT molecular complexity index is 593. The van der Waals surface area contributed by atoms with Crippen molar-refractivity contribution >= 4 is 18.1 Å². The molecule has 0 fully saturated rings. The summed E-state index contributed by atoms with van der Waals surface area (Å²) in [7, 11) is 0. The lowest BCUT2D eigenvalue weighted by Gasteiger charge is -2.17. The zero-order valence-corrected chi connectivity index (χ0v) is 13.0. The van der Waals surface area contributed by atoms with E-state index in [-0.39, 0.29) is 17.8 Å². The van der Waals surface area contributed by atoms with Gasteiger partial charge in [0.25, 0.3) is 0 Å². The third-order valence-electron chi connectivity index (χ3n) is 4.12. The standard InChI is InChI=1S/C17H20N2.ClH/c1-12(13-7-5-4-6-8-13)15-9-16-14(10-18-15)17(2,3)11-19-16;/h4-10,12,19H,11H2,1-3H3;1H. The Hall–Kier alpha value is -1.54. The molecule has 0 saturated carbocycles. The Labute approximate surface area is 127 Å². The molecule has 1 aromatic carbocycles. The fourth-order valence-electron chi connectivity index (χ4n) is 2.72. The normalized spacial score (nSPS) is 16.8. The first-order valence-corrected chi connectivity index (χ1v) is 6.87. The maximum absolute atomic E-state index is 4.68. The van der Waals surface area contributed by atoms with Gasteiger partial charge in [0.05, 0.1) is 0 Å². The second kappa shape index (κ2) is 5.45. The van der Waals surface area contributed by atoms with Crippen molar-refractivity contribution in [2.45, 2.75) is 32.1 Å². The van der Waals surface area contributed by atoms with Crippen LogP contribution < -0.4 is 5.32 Å². The molecule has 1 unspecified atom stereocenters. The Morgan fingerprint density at radius 2 is 1.90 bits per heavy atom. The van der Waals surface area contributed by atoms with Gasteiger partial charge < -0.3 is 5.32 Å². The molecule has 3 rings (SSSR count). The number of aromatic nitrogens is 1. The molecular weight excluding hydrogens is 268 g/mol. The number of benzene rings is 1. The Kier molecular flexibility index (Phi) is 4.05. The van der Waals surface area contributed by atoms with E-state index in [0.717, 1.165) is 12.2 Å². The van der Waals surface area contributed by atoms with Gasteiger partial charge in [0.15, 0.2) is 0 Å². The lowest BCUT2D eigenvalue weighted by molar-refractivity contribution is 0.583. The van der Waals surface area contributed by atoms with E-state index in [1.54, 1.807) is 0 Å². The maximum Gasteiger partial charge on any atom is 0.0496 e. The summed E-state index contributed by atoms with van der Waals surface area (Å²) < 4.78 is 0. The zero-order chi connectivity index (χ0) is 13.5. The second-order valence-corrected chi connectivity index (χ2v) is 6.02. The molecule has 3 heteroatoms. The number of pyridine rings is 1. The monoisotopic (exact) mass is 288 g/mol. The second-order valence-electron chi connectivity index (χ2n) is 6.02. The highest BCUT2D eigenvalue weighted by Gasteiger charge is 2.30. The average molecular weight is 289 g/mol. The minimum atomic E-state index is 0. The summed E-state index contributed by atoms with van der Waals surface area (Å²) in [6, 6.07) is 12.8. The highest BCUT2D eigenvalue weighted by Crippen LogP contribution is 2.37. The van der Waals surface area contributed by atoms with Gasteiger partial charge in [-0.1, -0.05) is 51.1 Å². The van der Waals surface area contributed by atoms with Crippen LogP contribution in [0.3, 0.4) is 0 Å². The molecule has 20 heavy (non-hydrogen) atoms. The van der Waals surface area contributed by atoms with Crippen LogP contribution in [-0.2, 0) is 5.41 Å². The van der Waals surface area contributed by atoms with Gasteiger partial charge in [-0.2, -0.15) is 0 Å². The summed E-state index contributed by atoms with van der Waals surface area (Å²) in [5, 5.41) is 3.50. The maximum atomic E-state index is 4.68. The summed E-state index contributed by atoms with van der Waals surface area (Å²) in [4.78, 5) is 4.68. The number of rotatable bonds is 2. The van der Waals surface area contributed by atoms with E-state index in [1.165, 1.54) is 16.8 Å². The summed E-state index contributed by atoms with van der Waals surface area (Å²) in [5.74, 6) is 0.331. The van der Waals surface area contributed by atoms with Crippen LogP contribution in [0.1, 0.15) is 43.5 Å². The summed E-state index contributed by atoms with van der Waals surface area (Å²) in [5.41, 5.74) is 5.22. The van der Waals surface area contributed by atoms with Gasteiger partial charge in [-0.05, 0) is 11.6 Å². The molecule has 1 atom stereocenters. The van der Waals surface area contributed by atoms with Gasteiger partial charge in [0.2, 0.25) is 0 Å². The summed E-state index contributed by atoms with van der Waals surface area (Å²) in [6.07, 6.45) is 2.05. The van der Waals surface area contributed by atoms with Gasteiger partial charge in [-0.3, -0.25) is 4.98 Å². The summed E-state index contributed by atoms with van der Waals surface area (Å²) in [6.45, 7) is 7.72. The van der Waals surface area contributed by atoms with Crippen LogP contribution in [0.4, 0.5) is 5.69 Å². The molecule has 1 aromatic heterocycles. The van der Waals surface area contributed by atoms with Gasteiger partial charge in [0.1, 0.15) is 0 Å². The Morgan fingerprint density at radius 3 is 2.60 bits per heavy atom. The SMILES string of the molecule is CC(c1ccccc1)c1cc2c(cn1)C(C)(C)CN2.Cl. The smallest absolute Gasteiger partial charge is 0.0496 e. The number of halogens is 1. The van der Waals surface area contributed by atoms with E-state index in [1.807, 2.05) is 6.20 Å². The molecule has 106 valence electrons. The molecule has 1 N–H and O–H groups in total. The van der Waals surface area contributed by atoms with Gasteiger partial charge in [-0.15, -0.1) is 12.4 Å². The van der Waals surface area contributed by atoms with Crippen molar-refractivity contribution in [3.05, 3.63) is 59.4 Å². The molecule has 0 bridgehead atoms. The van der Waals surface area contributed by atoms with Crippen LogP contribution in [0.15, 0.2) is 42.6 Å². The molecule has 1 aliphatic rings. The topological polar surface area (TPSA) is 24.9 Å². The Balaban J connectivity index is 0.00000147. The van der Waals surface area contributed by atoms with Crippen molar-refractivity contribution in [2.75, 3.05) is 11.9 Å². The molecule has 0 saturated heterocycles. The minimum Gasteiger partial charge on any atom is -0.384 e. The van der Waals surface area contributed by atoms with Gasteiger partial charge in [-0.25, -0.2) is 0 Å². The van der Waals surface area contributed by atoms with E-state index < -0.39 is 0 Å². The van der Waals surface area contributed by atoms with E-state index in [2.05, 4.69) is 67.5 Å². The Morgan fingerprint density at radius 1 is 1.20 bits per heavy atom. The first-order chi connectivity index (χ1) is 9.08. The van der Waals surface area contributed by atoms with Crippen LogP contribution in [0.2, 0.25) is 0 Å². The molecule has 2 nitrogen and oxygen atoms in total. The van der Waals surface area contributed by atoms with Crippen molar-refractivity contribution in [1.29, 1.82) is 0 Å². The van der Waals surface area contributed by atoms with Gasteiger partial charge in [0, 0.05) is 41.0 Å². The molecule has 2 heterocycles. The minimum absolute atomic E-state index is 0. The van der Waals surface area contributed by atoms with E-state index >= 15 is 0 Å². The molecule has 1 aliphatic heterocycles. The molecule has 0 radical (unpaired) electrons. The zero-order valence-electron chi connectivity index (χ0n) is 12.2. The molecule has 0 amide bonds. The number of nitrogens with one attached hydrogen (secondary N) is 1. The largest absolute Gasteiger partial charge is 0.384 e. The third-order valence-corrected chi connectivity index (χ3v) is 4.12. The molecule has 0 aliphatic carbocycles. The van der Waals surface area contributed by atoms with Crippen LogP contribution in [0.25, 0.3) is 0 Å². The lowest BCUT2D eigenvalue weighted by Crippen LogP contribution is -2.19. The van der Waals surface area contributed by atoms with Crippen LogP contribution in [-0.4, -0.2) is 11.5 Å². The van der Waals surface area contributed by atoms with E-state index in [9.17, 15) is 0 Å². The molecular formula is C17H21ClN2. The molecule has 0 spiro atoms. The molecule has 2 aromatic rings. The van der Waals surface area contributed by atoms with Crippen LogP contribution in [0.5, 0.6) is 0 Å². The van der Waals surface area contributed by atoms with Crippen molar-refractivity contribution in [3.63, 3.8) is 0 Å². The van der Waals surface area contributed by atoms with Crippen LogP contribution in [0, 0.1) is 0 Å². The third kappa shape index (κ3) is 2.53. The fraction of sp³-hybridized carbons (Fsp3) is 0.353. The van der Waals surface area contributed by atoms with Crippen molar-refractivity contribution in [3.8, 4) is 0 Å².